The third kappa shape index (κ3) is 4.39. The molecule has 1 heterocycles. The Labute approximate surface area is 149 Å². The van der Waals surface area contributed by atoms with Crippen LogP contribution in [0.25, 0.3) is 0 Å². The van der Waals surface area contributed by atoms with E-state index in [1.165, 1.54) is 63.1 Å². The van der Waals surface area contributed by atoms with Crippen molar-refractivity contribution in [1.82, 2.24) is 0 Å². The highest BCUT2D eigenvalue weighted by molar-refractivity contribution is 6.92. The minimum Gasteiger partial charge on any atom is -0.300 e. The molecule has 0 unspecified atom stereocenters. The van der Waals surface area contributed by atoms with Gasteiger partial charge in [0.15, 0.2) is 0 Å². The van der Waals surface area contributed by atoms with E-state index in [-0.39, 0.29) is 0 Å². The second-order valence-corrected chi connectivity index (χ2v) is 13.0. The zero-order valence-corrected chi connectivity index (χ0v) is 16.4. The number of hydrogen-bond acceptors (Lipinski definition) is 1. The number of rotatable bonds is 6. The first kappa shape index (κ1) is 17.9. The molecule has 1 aromatic carbocycles. The highest BCUT2D eigenvalue weighted by atomic mass is 28.3. The Bertz CT molecular complexity index is 506. The first-order chi connectivity index (χ1) is 11.7. The average Bonchev–Trinajstić information content (AvgIpc) is 2.63. The maximum Gasteiger partial charge on any atom is 0.132 e. The van der Waals surface area contributed by atoms with E-state index in [1.54, 1.807) is 5.19 Å². The predicted octanol–water partition coefficient (Wildman–Crippen LogP) is 5.70. The number of ketones is 1. The van der Waals surface area contributed by atoms with Crippen LogP contribution in [0.3, 0.4) is 0 Å². The van der Waals surface area contributed by atoms with Crippen LogP contribution >= 0.6 is 0 Å². The first-order valence-corrected chi connectivity index (χ1v) is 12.9. The molecule has 0 radical (unpaired) electrons. The molecule has 132 valence electrons. The van der Waals surface area contributed by atoms with Crippen LogP contribution in [0.15, 0.2) is 30.3 Å². The van der Waals surface area contributed by atoms with Gasteiger partial charge in [-0.2, -0.15) is 0 Å². The van der Waals surface area contributed by atoms with Crippen molar-refractivity contribution in [3.8, 4) is 0 Å². The Kier molecular flexibility index (Phi) is 6.32. The molecule has 1 aliphatic heterocycles. The smallest absolute Gasteiger partial charge is 0.132 e. The van der Waals surface area contributed by atoms with Gasteiger partial charge in [-0.3, -0.25) is 4.79 Å². The lowest BCUT2D eigenvalue weighted by atomic mass is 9.82. The Morgan fingerprint density at radius 1 is 0.917 bits per heavy atom. The fourth-order valence-electron chi connectivity index (χ4n) is 5.23. The number of carbonyl (C=O) groups is 1. The summed E-state index contributed by atoms with van der Waals surface area (Å²) in [6.07, 6.45) is 11.1. The molecule has 0 N–H and O–H groups in total. The molecule has 3 rings (SSSR count). The fourth-order valence-corrected chi connectivity index (χ4v) is 10.6. The first-order valence-electron chi connectivity index (χ1n) is 10.3. The van der Waals surface area contributed by atoms with E-state index in [9.17, 15) is 4.79 Å². The zero-order chi connectivity index (χ0) is 16.8. The van der Waals surface area contributed by atoms with Gasteiger partial charge in [0.2, 0.25) is 0 Å². The fraction of sp³-hybridized carbons (Fsp3) is 0.682. The molecule has 24 heavy (non-hydrogen) atoms. The molecule has 2 heteroatoms. The summed E-state index contributed by atoms with van der Waals surface area (Å²) in [5.74, 6) is 2.31. The van der Waals surface area contributed by atoms with E-state index in [0.717, 1.165) is 24.7 Å². The zero-order valence-electron chi connectivity index (χ0n) is 15.4. The van der Waals surface area contributed by atoms with Gasteiger partial charge in [0.05, 0.1) is 8.07 Å². The van der Waals surface area contributed by atoms with Gasteiger partial charge >= 0.3 is 0 Å². The van der Waals surface area contributed by atoms with E-state index >= 15 is 0 Å². The molecule has 1 aromatic rings. The van der Waals surface area contributed by atoms with Crippen molar-refractivity contribution in [3.05, 3.63) is 30.3 Å². The Morgan fingerprint density at radius 3 is 2.08 bits per heavy atom. The van der Waals surface area contributed by atoms with Crippen molar-refractivity contribution >= 4 is 19.0 Å². The molecular formula is C22H34OSi. The lowest BCUT2D eigenvalue weighted by Gasteiger charge is -2.39. The van der Waals surface area contributed by atoms with Gasteiger partial charge in [-0.25, -0.2) is 0 Å². The van der Waals surface area contributed by atoms with Crippen molar-refractivity contribution in [2.75, 3.05) is 0 Å². The molecule has 0 bridgehead atoms. The standard InChI is InChI=1S/C22H34OSi/c1-2-16-24(22-6-4-3-5-7-22)17-14-20(15-18-24)9-8-19-10-12-21(23)13-11-19/h3-7,19-20H,2,8-18H2,1H3. The molecule has 1 saturated carbocycles. The summed E-state index contributed by atoms with van der Waals surface area (Å²) in [5, 5.41) is 1.72. The predicted molar refractivity (Wildman–Crippen MR) is 105 cm³/mol. The Hall–Kier alpha value is -0.893. The van der Waals surface area contributed by atoms with Crippen LogP contribution in [0.5, 0.6) is 0 Å². The largest absolute Gasteiger partial charge is 0.300 e. The summed E-state index contributed by atoms with van der Waals surface area (Å²) < 4.78 is 0. The highest BCUT2D eigenvalue weighted by Crippen LogP contribution is 2.39. The van der Waals surface area contributed by atoms with Crippen LogP contribution in [0, 0.1) is 11.8 Å². The van der Waals surface area contributed by atoms with E-state index < -0.39 is 8.07 Å². The Balaban J connectivity index is 1.51. The summed E-state index contributed by atoms with van der Waals surface area (Å²) in [4.78, 5) is 11.4. The second-order valence-electron chi connectivity index (χ2n) is 8.40. The van der Waals surface area contributed by atoms with Crippen molar-refractivity contribution in [1.29, 1.82) is 0 Å². The summed E-state index contributed by atoms with van der Waals surface area (Å²) in [5.41, 5.74) is 0. The summed E-state index contributed by atoms with van der Waals surface area (Å²) in [6, 6.07) is 16.0. The third-order valence-electron chi connectivity index (χ3n) is 6.82. The number of hydrogen-bond donors (Lipinski definition) is 0. The van der Waals surface area contributed by atoms with Crippen molar-refractivity contribution in [2.45, 2.75) is 82.8 Å². The SMILES string of the molecule is CCC[Si]1(c2ccccc2)CCC(CCC2CCC(=O)CC2)CC1. The van der Waals surface area contributed by atoms with Gasteiger partial charge in [-0.15, -0.1) is 0 Å². The minimum absolute atomic E-state index is 0.502. The number of Topliss-reactive ketones (excluding diaryl/α,β-unsaturated/α-hetero) is 1. The third-order valence-corrected chi connectivity index (χ3v) is 12.3. The van der Waals surface area contributed by atoms with Crippen LogP contribution in [0.4, 0.5) is 0 Å². The summed E-state index contributed by atoms with van der Waals surface area (Å²) in [6.45, 7) is 2.37. The molecule has 2 aliphatic rings. The minimum atomic E-state index is -1.22. The normalized spacial score (nSPS) is 28.9. The average molecular weight is 343 g/mol. The maximum atomic E-state index is 11.4. The van der Waals surface area contributed by atoms with E-state index in [2.05, 4.69) is 37.3 Å². The van der Waals surface area contributed by atoms with E-state index in [4.69, 9.17) is 0 Å². The lowest BCUT2D eigenvalue weighted by molar-refractivity contribution is -0.121. The molecular weight excluding hydrogens is 308 g/mol. The maximum absolute atomic E-state index is 11.4. The summed E-state index contributed by atoms with van der Waals surface area (Å²) >= 11 is 0. The van der Waals surface area contributed by atoms with Gasteiger partial charge < -0.3 is 0 Å². The van der Waals surface area contributed by atoms with Crippen LogP contribution in [-0.2, 0) is 4.79 Å². The van der Waals surface area contributed by atoms with Crippen LogP contribution < -0.4 is 5.19 Å². The molecule has 0 aromatic heterocycles. The van der Waals surface area contributed by atoms with Crippen molar-refractivity contribution < 1.29 is 4.79 Å². The van der Waals surface area contributed by atoms with Crippen molar-refractivity contribution in [2.24, 2.45) is 11.8 Å². The van der Waals surface area contributed by atoms with Crippen LogP contribution in [0.1, 0.15) is 64.7 Å². The Morgan fingerprint density at radius 2 is 1.50 bits per heavy atom. The van der Waals surface area contributed by atoms with Gasteiger partial charge in [-0.1, -0.05) is 92.7 Å². The number of carbonyl (C=O) groups excluding carboxylic acids is 1. The number of benzene rings is 1. The van der Waals surface area contributed by atoms with Crippen LogP contribution in [-0.4, -0.2) is 13.9 Å². The van der Waals surface area contributed by atoms with Gasteiger partial charge in [-0.05, 0) is 24.7 Å². The van der Waals surface area contributed by atoms with E-state index in [0.29, 0.717) is 5.78 Å². The molecule has 1 saturated heterocycles. The molecule has 0 amide bonds. The topological polar surface area (TPSA) is 17.1 Å². The second kappa shape index (κ2) is 8.47. The van der Waals surface area contributed by atoms with Gasteiger partial charge in [0.1, 0.15) is 5.78 Å². The van der Waals surface area contributed by atoms with Crippen LogP contribution in [0.2, 0.25) is 18.1 Å². The van der Waals surface area contributed by atoms with Gasteiger partial charge in [0.25, 0.3) is 0 Å². The van der Waals surface area contributed by atoms with Gasteiger partial charge in [0, 0.05) is 12.8 Å². The molecule has 2 fully saturated rings. The molecule has 1 aliphatic carbocycles. The summed E-state index contributed by atoms with van der Waals surface area (Å²) in [7, 11) is -1.22. The lowest BCUT2D eigenvalue weighted by Crippen LogP contribution is -2.49. The van der Waals surface area contributed by atoms with E-state index in [1.807, 2.05) is 0 Å². The van der Waals surface area contributed by atoms with Crippen molar-refractivity contribution in [3.63, 3.8) is 0 Å². The molecule has 1 nitrogen and oxygen atoms in total. The highest BCUT2D eigenvalue weighted by Gasteiger charge is 2.38. The monoisotopic (exact) mass is 342 g/mol. The molecule has 0 spiro atoms. The quantitative estimate of drug-likeness (QED) is 0.606. The molecule has 0 atom stereocenters.